The third kappa shape index (κ3) is 2.58. The zero-order chi connectivity index (χ0) is 15.0. The third-order valence-electron chi connectivity index (χ3n) is 5.01. The van der Waals surface area contributed by atoms with Gasteiger partial charge in [0.25, 0.3) is 5.91 Å². The molecule has 1 saturated heterocycles. The molecule has 3 unspecified atom stereocenters. The maximum Gasteiger partial charge on any atom is 0.257 e. The van der Waals surface area contributed by atoms with E-state index in [9.17, 15) is 9.90 Å². The van der Waals surface area contributed by atoms with Crippen molar-refractivity contribution in [2.24, 2.45) is 17.6 Å². The van der Waals surface area contributed by atoms with Crippen molar-refractivity contribution in [3.05, 3.63) is 17.5 Å². The van der Waals surface area contributed by atoms with Gasteiger partial charge in [-0.15, -0.1) is 0 Å². The highest BCUT2D eigenvalue weighted by Crippen LogP contribution is 2.38. The van der Waals surface area contributed by atoms with Gasteiger partial charge in [-0.2, -0.15) is 5.10 Å². The first-order valence-corrected chi connectivity index (χ1v) is 7.81. The summed E-state index contributed by atoms with van der Waals surface area (Å²) in [5, 5.41) is 14.3. The van der Waals surface area contributed by atoms with E-state index in [4.69, 9.17) is 5.73 Å². The topological polar surface area (TPSA) is 84.4 Å². The van der Waals surface area contributed by atoms with Gasteiger partial charge in [-0.25, -0.2) is 0 Å². The average Bonchev–Trinajstić information content (AvgIpc) is 3.13. The van der Waals surface area contributed by atoms with E-state index >= 15 is 0 Å². The Balaban J connectivity index is 1.70. The first-order chi connectivity index (χ1) is 10.1. The minimum atomic E-state index is -0.235. The van der Waals surface area contributed by atoms with Crippen LogP contribution < -0.4 is 5.73 Å². The van der Waals surface area contributed by atoms with Gasteiger partial charge in [-0.1, -0.05) is 0 Å². The number of hydrogen-bond donors (Lipinski definition) is 2. The number of hydrogen-bond acceptors (Lipinski definition) is 4. The van der Waals surface area contributed by atoms with Crippen molar-refractivity contribution in [2.45, 2.75) is 38.8 Å². The molecule has 1 aliphatic carbocycles. The summed E-state index contributed by atoms with van der Waals surface area (Å²) in [5.74, 6) is 0.784. The van der Waals surface area contributed by atoms with Crippen LogP contribution in [0.5, 0.6) is 0 Å². The standard InChI is InChI=1S/C15H24N4O2/c1-10-12(7-17-19(10)6-2-5-16)15(21)18-8-11-3-4-14(20)13(11)9-18/h7,11,13-14,20H,2-6,8-9,16H2,1H3. The van der Waals surface area contributed by atoms with Gasteiger partial charge in [-0.05, 0) is 38.6 Å². The Bertz CT molecular complexity index is 528. The second-order valence-corrected chi connectivity index (χ2v) is 6.29. The molecule has 1 aromatic heterocycles. The van der Waals surface area contributed by atoms with Crippen molar-refractivity contribution >= 4 is 5.91 Å². The number of aryl methyl sites for hydroxylation is 1. The number of amides is 1. The lowest BCUT2D eigenvalue weighted by Gasteiger charge is -2.18. The second-order valence-electron chi connectivity index (χ2n) is 6.29. The highest BCUT2D eigenvalue weighted by atomic mass is 16.3. The minimum Gasteiger partial charge on any atom is -0.393 e. The molecule has 2 heterocycles. The molecule has 6 heteroatoms. The van der Waals surface area contributed by atoms with E-state index in [-0.39, 0.29) is 17.9 Å². The summed E-state index contributed by atoms with van der Waals surface area (Å²) in [6.07, 6.45) is 4.20. The molecule has 0 spiro atoms. The van der Waals surface area contributed by atoms with Crippen molar-refractivity contribution in [3.8, 4) is 0 Å². The molecular weight excluding hydrogens is 268 g/mol. The number of aromatic nitrogens is 2. The molecule has 6 nitrogen and oxygen atoms in total. The number of aliphatic hydroxyl groups excluding tert-OH is 1. The number of fused-ring (bicyclic) bond motifs is 1. The lowest BCUT2D eigenvalue weighted by atomic mass is 10.00. The molecule has 1 aromatic rings. The van der Waals surface area contributed by atoms with Crippen LogP contribution in [0.1, 0.15) is 35.3 Å². The van der Waals surface area contributed by atoms with Crippen molar-refractivity contribution in [3.63, 3.8) is 0 Å². The molecule has 1 aliphatic heterocycles. The highest BCUT2D eigenvalue weighted by Gasteiger charge is 2.43. The Morgan fingerprint density at radius 1 is 1.48 bits per heavy atom. The van der Waals surface area contributed by atoms with Crippen LogP contribution in [0.3, 0.4) is 0 Å². The molecule has 2 aliphatic rings. The zero-order valence-electron chi connectivity index (χ0n) is 12.5. The number of carbonyl (C=O) groups is 1. The SMILES string of the molecule is Cc1c(C(=O)N2CC3CCC(O)C3C2)cnn1CCCN. The zero-order valence-corrected chi connectivity index (χ0v) is 12.5. The lowest BCUT2D eigenvalue weighted by molar-refractivity contribution is 0.0751. The Morgan fingerprint density at radius 3 is 3.00 bits per heavy atom. The summed E-state index contributed by atoms with van der Waals surface area (Å²) in [5.41, 5.74) is 7.11. The van der Waals surface area contributed by atoms with E-state index in [2.05, 4.69) is 5.10 Å². The predicted octanol–water partition coefficient (Wildman–Crippen LogP) is 0.383. The van der Waals surface area contributed by atoms with Crippen LogP contribution in [-0.4, -0.2) is 51.4 Å². The summed E-state index contributed by atoms with van der Waals surface area (Å²) in [4.78, 5) is 14.5. The molecule has 1 saturated carbocycles. The first kappa shape index (κ1) is 14.5. The number of likely N-dealkylation sites (tertiary alicyclic amines) is 1. The van der Waals surface area contributed by atoms with Crippen LogP contribution in [0, 0.1) is 18.8 Å². The van der Waals surface area contributed by atoms with Crippen LogP contribution in [0.15, 0.2) is 6.20 Å². The maximum atomic E-state index is 12.7. The second kappa shape index (κ2) is 5.77. The van der Waals surface area contributed by atoms with Gasteiger partial charge < -0.3 is 15.7 Å². The molecule has 3 N–H and O–H groups in total. The fraction of sp³-hybridized carbons (Fsp3) is 0.733. The van der Waals surface area contributed by atoms with Gasteiger partial charge >= 0.3 is 0 Å². The van der Waals surface area contributed by atoms with Crippen molar-refractivity contribution < 1.29 is 9.90 Å². The van der Waals surface area contributed by atoms with Crippen molar-refractivity contribution in [2.75, 3.05) is 19.6 Å². The molecule has 3 rings (SSSR count). The monoisotopic (exact) mass is 292 g/mol. The Labute approximate surface area is 124 Å². The number of carbonyl (C=O) groups excluding carboxylic acids is 1. The van der Waals surface area contributed by atoms with E-state index in [0.29, 0.717) is 24.6 Å². The number of aliphatic hydroxyl groups is 1. The van der Waals surface area contributed by atoms with Gasteiger partial charge in [0.1, 0.15) is 0 Å². The summed E-state index contributed by atoms with van der Waals surface area (Å²) >= 11 is 0. The molecule has 116 valence electrons. The van der Waals surface area contributed by atoms with E-state index in [0.717, 1.165) is 38.0 Å². The Kier molecular flexibility index (Phi) is 3.99. The summed E-state index contributed by atoms with van der Waals surface area (Å²) in [6, 6.07) is 0. The molecule has 0 radical (unpaired) electrons. The molecule has 0 bridgehead atoms. The van der Waals surface area contributed by atoms with E-state index < -0.39 is 0 Å². The summed E-state index contributed by atoms with van der Waals surface area (Å²) in [6.45, 7) is 4.75. The Morgan fingerprint density at radius 2 is 2.29 bits per heavy atom. The van der Waals surface area contributed by atoms with Crippen LogP contribution in [-0.2, 0) is 6.54 Å². The van der Waals surface area contributed by atoms with Gasteiger partial charge in [-0.3, -0.25) is 9.48 Å². The van der Waals surface area contributed by atoms with E-state index in [1.165, 1.54) is 0 Å². The largest absolute Gasteiger partial charge is 0.393 e. The van der Waals surface area contributed by atoms with Gasteiger partial charge in [0.15, 0.2) is 0 Å². The molecule has 2 fully saturated rings. The van der Waals surface area contributed by atoms with E-state index in [1.54, 1.807) is 6.20 Å². The van der Waals surface area contributed by atoms with Crippen molar-refractivity contribution in [1.29, 1.82) is 0 Å². The Hall–Kier alpha value is -1.40. The van der Waals surface area contributed by atoms with E-state index in [1.807, 2.05) is 16.5 Å². The van der Waals surface area contributed by atoms with Gasteiger partial charge in [0.05, 0.1) is 17.9 Å². The molecule has 0 aromatic carbocycles. The van der Waals surface area contributed by atoms with Gasteiger partial charge in [0, 0.05) is 31.2 Å². The van der Waals surface area contributed by atoms with Crippen LogP contribution in [0.25, 0.3) is 0 Å². The van der Waals surface area contributed by atoms with Crippen LogP contribution in [0.2, 0.25) is 0 Å². The van der Waals surface area contributed by atoms with Crippen LogP contribution in [0.4, 0.5) is 0 Å². The molecule has 21 heavy (non-hydrogen) atoms. The first-order valence-electron chi connectivity index (χ1n) is 7.81. The quantitative estimate of drug-likeness (QED) is 0.840. The van der Waals surface area contributed by atoms with Crippen molar-refractivity contribution in [1.82, 2.24) is 14.7 Å². The maximum absolute atomic E-state index is 12.7. The minimum absolute atomic E-state index is 0.0492. The fourth-order valence-electron chi connectivity index (χ4n) is 3.70. The smallest absolute Gasteiger partial charge is 0.257 e. The highest BCUT2D eigenvalue weighted by molar-refractivity contribution is 5.95. The number of nitrogens with two attached hydrogens (primary N) is 1. The number of nitrogens with zero attached hydrogens (tertiary/aromatic N) is 3. The lowest BCUT2D eigenvalue weighted by Crippen LogP contribution is -2.31. The predicted molar refractivity (Wildman–Crippen MR) is 78.8 cm³/mol. The van der Waals surface area contributed by atoms with Crippen LogP contribution >= 0.6 is 0 Å². The molecule has 3 atom stereocenters. The molecular formula is C15H24N4O2. The summed E-state index contributed by atoms with van der Waals surface area (Å²) in [7, 11) is 0. The third-order valence-corrected chi connectivity index (χ3v) is 5.01. The summed E-state index contributed by atoms with van der Waals surface area (Å²) < 4.78 is 1.85. The average molecular weight is 292 g/mol. The normalized spacial score (nSPS) is 28.1. The number of rotatable bonds is 4. The fourth-order valence-corrected chi connectivity index (χ4v) is 3.70. The van der Waals surface area contributed by atoms with Gasteiger partial charge in [0.2, 0.25) is 0 Å². The molecule has 1 amide bonds.